The van der Waals surface area contributed by atoms with Crippen LogP contribution in [0.1, 0.15) is 22.8 Å². The van der Waals surface area contributed by atoms with E-state index in [0.29, 0.717) is 16.9 Å². The molecule has 0 unspecified atom stereocenters. The molecule has 7 nitrogen and oxygen atoms in total. The first-order chi connectivity index (χ1) is 16.4. The van der Waals surface area contributed by atoms with Crippen LogP contribution in [-0.4, -0.2) is 54.9 Å². The zero-order chi connectivity index (χ0) is 24.1. The Hall–Kier alpha value is -3.78. The molecule has 1 N–H and O–H groups in total. The number of hydrogen-bond donors (Lipinski definition) is 1. The van der Waals surface area contributed by atoms with E-state index in [9.17, 15) is 14.0 Å². The number of nitrogens with one attached hydrogen (secondary N) is 1. The molecule has 1 aliphatic rings. The van der Waals surface area contributed by atoms with Crippen molar-refractivity contribution in [1.82, 2.24) is 9.88 Å². The maximum atomic E-state index is 13.5. The van der Waals surface area contributed by atoms with Crippen molar-refractivity contribution in [3.63, 3.8) is 0 Å². The van der Waals surface area contributed by atoms with Gasteiger partial charge < -0.3 is 20.0 Å². The molecule has 0 atom stereocenters. The normalized spacial score (nSPS) is 14.0. The van der Waals surface area contributed by atoms with Gasteiger partial charge in [0.2, 0.25) is 5.91 Å². The van der Waals surface area contributed by atoms with Gasteiger partial charge in [0, 0.05) is 56.2 Å². The van der Waals surface area contributed by atoms with Crippen LogP contribution in [0.4, 0.5) is 21.6 Å². The number of carbonyl (C=O) groups excluding carboxylic acids is 2. The van der Waals surface area contributed by atoms with Gasteiger partial charge in [-0.2, -0.15) is 0 Å². The van der Waals surface area contributed by atoms with Gasteiger partial charge in [-0.3, -0.25) is 9.59 Å². The third kappa shape index (κ3) is 5.77. The van der Waals surface area contributed by atoms with Gasteiger partial charge in [-0.05, 0) is 67.2 Å². The van der Waals surface area contributed by atoms with Gasteiger partial charge >= 0.3 is 0 Å². The lowest BCUT2D eigenvalue weighted by atomic mass is 10.1. The molecule has 0 bridgehead atoms. The van der Waals surface area contributed by atoms with Crippen LogP contribution in [0.15, 0.2) is 66.9 Å². The first-order valence-electron chi connectivity index (χ1n) is 11.2. The molecule has 2 aromatic carbocycles. The number of hydrogen-bond acceptors (Lipinski definition) is 5. The molecule has 34 heavy (non-hydrogen) atoms. The number of piperazine rings is 1. The Balaban J connectivity index is 1.55. The van der Waals surface area contributed by atoms with Crippen LogP contribution in [0.3, 0.4) is 0 Å². The molecule has 1 fully saturated rings. The van der Waals surface area contributed by atoms with Crippen LogP contribution in [-0.2, 0) is 11.3 Å². The van der Waals surface area contributed by atoms with Gasteiger partial charge in [-0.1, -0.05) is 6.07 Å². The average molecular weight is 462 g/mol. The number of amides is 2. The highest BCUT2D eigenvalue weighted by Gasteiger charge is 2.20. The predicted molar refractivity (Wildman–Crippen MR) is 132 cm³/mol. The maximum Gasteiger partial charge on any atom is 0.258 e. The van der Waals surface area contributed by atoms with Crippen LogP contribution in [0.5, 0.6) is 0 Å². The second-order valence-electron chi connectivity index (χ2n) is 8.44. The number of likely N-dealkylation sites (N-methyl/N-ethyl adjacent to an activating group) is 1. The third-order valence-electron chi connectivity index (χ3n) is 5.81. The minimum absolute atomic E-state index is 0.181. The van der Waals surface area contributed by atoms with Gasteiger partial charge in [0.1, 0.15) is 11.6 Å². The summed E-state index contributed by atoms with van der Waals surface area (Å²) in [6.45, 7) is 5.56. The van der Waals surface area contributed by atoms with Crippen LogP contribution >= 0.6 is 0 Å². The Bertz CT molecular complexity index is 1130. The summed E-state index contributed by atoms with van der Waals surface area (Å²) < 4.78 is 13.5. The second kappa shape index (κ2) is 10.4. The summed E-state index contributed by atoms with van der Waals surface area (Å²) in [5.74, 6) is 0.141. The molecule has 2 amide bonds. The zero-order valence-electron chi connectivity index (χ0n) is 19.4. The van der Waals surface area contributed by atoms with E-state index in [4.69, 9.17) is 0 Å². The maximum absolute atomic E-state index is 13.5. The minimum atomic E-state index is -0.367. The second-order valence-corrected chi connectivity index (χ2v) is 8.44. The van der Waals surface area contributed by atoms with Crippen molar-refractivity contribution in [2.24, 2.45) is 0 Å². The average Bonchev–Trinajstić information content (AvgIpc) is 2.84. The molecule has 1 aromatic heterocycles. The fourth-order valence-electron chi connectivity index (χ4n) is 3.87. The number of rotatable bonds is 6. The third-order valence-corrected chi connectivity index (χ3v) is 5.81. The fraction of sp³-hybridized carbons (Fsp3) is 0.269. The lowest BCUT2D eigenvalue weighted by molar-refractivity contribution is -0.114. The van der Waals surface area contributed by atoms with Gasteiger partial charge in [-0.25, -0.2) is 9.37 Å². The number of carbonyl (C=O) groups is 2. The monoisotopic (exact) mass is 461 g/mol. The lowest BCUT2D eigenvalue weighted by Crippen LogP contribution is -2.44. The van der Waals surface area contributed by atoms with E-state index >= 15 is 0 Å². The molecule has 3 aromatic rings. The Morgan fingerprint density at radius 3 is 2.24 bits per heavy atom. The standard InChI is InChI=1S/C26H28FN5O2/c1-19(33)29-23-8-4-21(5-9-23)26(34)32(24-10-6-22(27)7-11-24)18-20-3-12-25(28-17-20)31-15-13-30(2)14-16-31/h3-12,17H,13-16,18H2,1-2H3,(H,29,33). The van der Waals surface area contributed by atoms with Crippen molar-refractivity contribution >= 4 is 29.0 Å². The van der Waals surface area contributed by atoms with Gasteiger partial charge in [-0.15, -0.1) is 0 Å². The van der Waals surface area contributed by atoms with Crippen LogP contribution in [0.25, 0.3) is 0 Å². The number of halogens is 1. The molecule has 0 aliphatic carbocycles. The number of nitrogens with zero attached hydrogens (tertiary/aromatic N) is 4. The highest BCUT2D eigenvalue weighted by Crippen LogP contribution is 2.23. The summed E-state index contributed by atoms with van der Waals surface area (Å²) in [4.78, 5) is 35.5. The fourth-order valence-corrected chi connectivity index (χ4v) is 3.87. The van der Waals surface area contributed by atoms with E-state index in [1.165, 1.54) is 19.1 Å². The topological polar surface area (TPSA) is 68.8 Å². The predicted octanol–water partition coefficient (Wildman–Crippen LogP) is 3.78. The number of aromatic nitrogens is 1. The van der Waals surface area contributed by atoms with Gasteiger partial charge in [0.15, 0.2) is 0 Å². The van der Waals surface area contributed by atoms with Crippen molar-refractivity contribution in [3.8, 4) is 0 Å². The highest BCUT2D eigenvalue weighted by molar-refractivity contribution is 6.06. The van der Waals surface area contributed by atoms with E-state index in [0.717, 1.165) is 37.6 Å². The van der Waals surface area contributed by atoms with Crippen molar-refractivity contribution in [2.75, 3.05) is 48.3 Å². The Labute approximate surface area is 198 Å². The van der Waals surface area contributed by atoms with Crippen LogP contribution < -0.4 is 15.1 Å². The molecule has 176 valence electrons. The summed E-state index contributed by atoms with van der Waals surface area (Å²) in [6.07, 6.45) is 1.79. The molecule has 0 saturated carbocycles. The van der Waals surface area contributed by atoms with Crippen LogP contribution in [0.2, 0.25) is 0 Å². The molecule has 1 aliphatic heterocycles. The first kappa shape index (κ1) is 23.4. The number of benzene rings is 2. The zero-order valence-corrected chi connectivity index (χ0v) is 19.4. The summed E-state index contributed by atoms with van der Waals surface area (Å²) in [5, 5.41) is 2.69. The summed E-state index contributed by atoms with van der Waals surface area (Å²) in [7, 11) is 2.11. The lowest BCUT2D eigenvalue weighted by Gasteiger charge is -2.33. The molecule has 2 heterocycles. The summed E-state index contributed by atoms with van der Waals surface area (Å²) in [6, 6.07) is 16.5. The smallest absolute Gasteiger partial charge is 0.258 e. The minimum Gasteiger partial charge on any atom is -0.354 e. The Kier molecular flexibility index (Phi) is 7.18. The van der Waals surface area contributed by atoms with E-state index in [1.807, 2.05) is 12.1 Å². The molecule has 0 radical (unpaired) electrons. The summed E-state index contributed by atoms with van der Waals surface area (Å²) in [5.41, 5.74) is 2.52. The Morgan fingerprint density at radius 2 is 1.65 bits per heavy atom. The molecule has 4 rings (SSSR count). The van der Waals surface area contributed by atoms with Gasteiger partial charge in [0.05, 0.1) is 6.54 Å². The molecular weight excluding hydrogens is 433 g/mol. The van der Waals surface area contributed by atoms with Crippen molar-refractivity contribution in [3.05, 3.63) is 83.8 Å². The Morgan fingerprint density at radius 1 is 0.971 bits per heavy atom. The number of pyridine rings is 1. The molecule has 1 saturated heterocycles. The van der Waals surface area contributed by atoms with E-state index in [-0.39, 0.29) is 24.2 Å². The molecular formula is C26H28FN5O2. The quantitative estimate of drug-likeness (QED) is 0.605. The SMILES string of the molecule is CC(=O)Nc1ccc(C(=O)N(Cc2ccc(N3CCN(C)CC3)nc2)c2ccc(F)cc2)cc1. The first-order valence-corrected chi connectivity index (χ1v) is 11.2. The van der Waals surface area contributed by atoms with E-state index in [1.54, 1.807) is 47.5 Å². The molecule has 0 spiro atoms. The largest absolute Gasteiger partial charge is 0.354 e. The van der Waals surface area contributed by atoms with E-state index < -0.39 is 0 Å². The van der Waals surface area contributed by atoms with Crippen molar-refractivity contribution < 1.29 is 14.0 Å². The van der Waals surface area contributed by atoms with E-state index in [2.05, 4.69) is 27.1 Å². The van der Waals surface area contributed by atoms with Crippen molar-refractivity contribution in [1.29, 1.82) is 0 Å². The van der Waals surface area contributed by atoms with Crippen molar-refractivity contribution in [2.45, 2.75) is 13.5 Å². The van der Waals surface area contributed by atoms with Gasteiger partial charge in [0.25, 0.3) is 5.91 Å². The molecule has 8 heteroatoms. The highest BCUT2D eigenvalue weighted by atomic mass is 19.1. The number of anilines is 3. The summed E-state index contributed by atoms with van der Waals surface area (Å²) >= 11 is 0. The van der Waals surface area contributed by atoms with Crippen LogP contribution in [0, 0.1) is 5.82 Å².